The largest absolute Gasteiger partial charge is 0.417 e. The first kappa shape index (κ1) is 13.0. The number of pyridine rings is 1. The van der Waals surface area contributed by atoms with Crippen LogP contribution in [0.1, 0.15) is 5.56 Å². The summed E-state index contributed by atoms with van der Waals surface area (Å²) < 4.78 is 37.6. The summed E-state index contributed by atoms with van der Waals surface area (Å²) in [6.07, 6.45) is -3.55. The Morgan fingerprint density at radius 2 is 1.89 bits per heavy atom. The molecule has 0 bridgehead atoms. The molecule has 2 aliphatic rings. The molecule has 0 saturated carbocycles. The zero-order valence-corrected chi connectivity index (χ0v) is 10.8. The fraction of sp³-hybridized carbons (Fsp3) is 0.583. The number of hydrogen-bond donors (Lipinski definition) is 1. The van der Waals surface area contributed by atoms with Crippen LogP contribution in [0.15, 0.2) is 12.3 Å². The molecule has 3 nitrogen and oxygen atoms in total. The van der Waals surface area contributed by atoms with E-state index in [9.17, 15) is 13.2 Å². The molecule has 0 spiro atoms. The number of rotatable bonds is 1. The molecule has 2 saturated heterocycles. The number of hydrogen-bond acceptors (Lipinski definition) is 3. The number of halogens is 4. The molecule has 2 fully saturated rings. The lowest BCUT2D eigenvalue weighted by Crippen LogP contribution is -2.26. The average Bonchev–Trinajstić information content (AvgIpc) is 2.87. The van der Waals surface area contributed by atoms with E-state index < -0.39 is 11.7 Å². The van der Waals surface area contributed by atoms with Crippen LogP contribution in [0.4, 0.5) is 19.0 Å². The van der Waals surface area contributed by atoms with Crippen molar-refractivity contribution in [2.45, 2.75) is 6.18 Å². The average molecular weight is 292 g/mol. The summed E-state index contributed by atoms with van der Waals surface area (Å²) in [5.74, 6) is 1.55. The Hall–Kier alpha value is -1.01. The highest BCUT2D eigenvalue weighted by Gasteiger charge is 2.38. The fourth-order valence-electron chi connectivity index (χ4n) is 2.85. The molecule has 19 heavy (non-hydrogen) atoms. The maximum absolute atomic E-state index is 12.5. The monoisotopic (exact) mass is 291 g/mol. The number of aromatic nitrogens is 1. The normalized spacial score (nSPS) is 26.8. The van der Waals surface area contributed by atoms with Gasteiger partial charge in [-0.15, -0.1) is 0 Å². The highest BCUT2D eigenvalue weighted by Crippen LogP contribution is 2.36. The second kappa shape index (κ2) is 4.52. The van der Waals surface area contributed by atoms with Crippen LogP contribution in [0.2, 0.25) is 5.02 Å². The van der Waals surface area contributed by atoms with Gasteiger partial charge in [0.15, 0.2) is 0 Å². The van der Waals surface area contributed by atoms with Crippen molar-refractivity contribution in [1.82, 2.24) is 10.3 Å². The molecule has 0 unspecified atom stereocenters. The maximum atomic E-state index is 12.5. The summed E-state index contributed by atoms with van der Waals surface area (Å²) in [7, 11) is 0. The molecule has 2 atom stereocenters. The van der Waals surface area contributed by atoms with E-state index in [0.717, 1.165) is 38.4 Å². The zero-order chi connectivity index (χ0) is 13.6. The third-order valence-corrected chi connectivity index (χ3v) is 4.12. The molecule has 0 aliphatic carbocycles. The van der Waals surface area contributed by atoms with E-state index in [-0.39, 0.29) is 5.02 Å². The molecule has 0 radical (unpaired) electrons. The second-order valence-electron chi connectivity index (χ2n) is 5.11. The van der Waals surface area contributed by atoms with Crippen molar-refractivity contribution in [3.05, 3.63) is 22.8 Å². The van der Waals surface area contributed by atoms with E-state index in [1.807, 2.05) is 4.90 Å². The Kier molecular flexibility index (Phi) is 3.09. The minimum atomic E-state index is -4.40. The summed E-state index contributed by atoms with van der Waals surface area (Å²) in [4.78, 5) is 5.89. The Morgan fingerprint density at radius 3 is 2.42 bits per heavy atom. The number of anilines is 1. The van der Waals surface area contributed by atoms with Crippen LogP contribution >= 0.6 is 11.6 Å². The fourth-order valence-corrected chi connectivity index (χ4v) is 3.13. The summed E-state index contributed by atoms with van der Waals surface area (Å²) in [6, 6.07) is 0.955. The quantitative estimate of drug-likeness (QED) is 0.861. The van der Waals surface area contributed by atoms with Gasteiger partial charge < -0.3 is 10.2 Å². The lowest BCUT2D eigenvalue weighted by molar-refractivity contribution is -0.137. The molecule has 7 heteroatoms. The van der Waals surface area contributed by atoms with Crippen molar-refractivity contribution in [2.75, 3.05) is 31.1 Å². The molecule has 104 valence electrons. The van der Waals surface area contributed by atoms with Crippen molar-refractivity contribution in [3.8, 4) is 0 Å². The molecule has 1 aromatic rings. The minimum absolute atomic E-state index is 0.0720. The molecule has 0 amide bonds. The van der Waals surface area contributed by atoms with Crippen molar-refractivity contribution in [3.63, 3.8) is 0 Å². The number of alkyl halides is 3. The molecule has 0 aromatic carbocycles. The van der Waals surface area contributed by atoms with Crippen LogP contribution in [-0.2, 0) is 6.18 Å². The van der Waals surface area contributed by atoms with E-state index in [4.69, 9.17) is 11.6 Å². The minimum Gasteiger partial charge on any atom is -0.355 e. The number of nitrogens with one attached hydrogen (secondary N) is 1. The van der Waals surface area contributed by atoms with Gasteiger partial charge in [0.1, 0.15) is 5.82 Å². The summed E-state index contributed by atoms with van der Waals surface area (Å²) in [6.45, 7) is 3.52. The third-order valence-electron chi connectivity index (χ3n) is 3.84. The first-order valence-electron chi connectivity index (χ1n) is 6.13. The van der Waals surface area contributed by atoms with Crippen LogP contribution in [0.5, 0.6) is 0 Å². The number of fused-ring (bicyclic) bond motifs is 1. The smallest absolute Gasteiger partial charge is 0.355 e. The van der Waals surface area contributed by atoms with Crippen LogP contribution in [-0.4, -0.2) is 31.2 Å². The summed E-state index contributed by atoms with van der Waals surface area (Å²) in [5, 5.41) is 3.38. The molecular formula is C12H13ClF3N3. The predicted octanol–water partition coefficient (Wildman–Crippen LogP) is 2.41. The van der Waals surface area contributed by atoms with Crippen LogP contribution in [0.25, 0.3) is 0 Å². The lowest BCUT2D eigenvalue weighted by Gasteiger charge is -2.20. The number of nitrogens with zero attached hydrogens (tertiary/aromatic N) is 2. The van der Waals surface area contributed by atoms with E-state index >= 15 is 0 Å². The van der Waals surface area contributed by atoms with Gasteiger partial charge in [0.05, 0.1) is 10.6 Å². The molecule has 2 aliphatic heterocycles. The SMILES string of the molecule is FC(F)(F)c1cnc(N2C[C@H]3CNC[C@H]3C2)c(Cl)c1. The van der Waals surface area contributed by atoms with Gasteiger partial charge in [-0.05, 0) is 17.9 Å². The van der Waals surface area contributed by atoms with Gasteiger partial charge in [0.2, 0.25) is 0 Å². The van der Waals surface area contributed by atoms with Crippen molar-refractivity contribution < 1.29 is 13.2 Å². The highest BCUT2D eigenvalue weighted by molar-refractivity contribution is 6.33. The standard InChI is InChI=1S/C12H13ClF3N3/c13-10-1-9(12(14,15)16)4-18-11(10)19-5-7-2-17-3-8(7)6-19/h1,4,7-8,17H,2-3,5-6H2/t7-,8+. The topological polar surface area (TPSA) is 28.2 Å². The highest BCUT2D eigenvalue weighted by atomic mass is 35.5. The van der Waals surface area contributed by atoms with Gasteiger partial charge in [0, 0.05) is 32.4 Å². The van der Waals surface area contributed by atoms with Crippen LogP contribution in [0, 0.1) is 11.8 Å². The Labute approximate surface area is 113 Å². The van der Waals surface area contributed by atoms with Gasteiger partial charge in [-0.1, -0.05) is 11.6 Å². The van der Waals surface area contributed by atoms with Crippen LogP contribution < -0.4 is 10.2 Å². The van der Waals surface area contributed by atoms with E-state index in [0.29, 0.717) is 17.7 Å². The summed E-state index contributed by atoms with van der Waals surface area (Å²) >= 11 is 5.95. The predicted molar refractivity (Wildman–Crippen MR) is 66.3 cm³/mol. The molecule has 1 N–H and O–H groups in total. The molecule has 3 rings (SSSR count). The molecule has 3 heterocycles. The van der Waals surface area contributed by atoms with Gasteiger partial charge in [-0.2, -0.15) is 13.2 Å². The Morgan fingerprint density at radius 1 is 1.26 bits per heavy atom. The van der Waals surface area contributed by atoms with E-state index in [1.165, 1.54) is 0 Å². The van der Waals surface area contributed by atoms with Gasteiger partial charge >= 0.3 is 6.18 Å². The lowest BCUT2D eigenvalue weighted by atomic mass is 10.0. The third kappa shape index (κ3) is 2.39. The van der Waals surface area contributed by atoms with Gasteiger partial charge in [0.25, 0.3) is 0 Å². The zero-order valence-electron chi connectivity index (χ0n) is 10.0. The van der Waals surface area contributed by atoms with Crippen molar-refractivity contribution in [1.29, 1.82) is 0 Å². The Balaban J connectivity index is 1.82. The molecular weight excluding hydrogens is 279 g/mol. The first-order chi connectivity index (χ1) is 8.95. The second-order valence-corrected chi connectivity index (χ2v) is 5.52. The van der Waals surface area contributed by atoms with E-state index in [2.05, 4.69) is 10.3 Å². The van der Waals surface area contributed by atoms with E-state index in [1.54, 1.807) is 0 Å². The maximum Gasteiger partial charge on any atom is 0.417 e. The van der Waals surface area contributed by atoms with Crippen LogP contribution in [0.3, 0.4) is 0 Å². The van der Waals surface area contributed by atoms with Crippen molar-refractivity contribution in [2.24, 2.45) is 11.8 Å². The van der Waals surface area contributed by atoms with Gasteiger partial charge in [-0.25, -0.2) is 4.98 Å². The Bertz CT molecular complexity index is 480. The first-order valence-corrected chi connectivity index (χ1v) is 6.51. The van der Waals surface area contributed by atoms with Gasteiger partial charge in [-0.3, -0.25) is 0 Å². The summed E-state index contributed by atoms with van der Waals surface area (Å²) in [5.41, 5.74) is -0.803. The molecule has 1 aromatic heterocycles. The van der Waals surface area contributed by atoms with Crippen molar-refractivity contribution >= 4 is 17.4 Å².